The number of ether oxygens (including phenoxy) is 2. The zero-order valence-corrected chi connectivity index (χ0v) is 15.1. The topological polar surface area (TPSA) is 93.9 Å². The van der Waals surface area contributed by atoms with Gasteiger partial charge in [0, 0.05) is 25.2 Å². The van der Waals surface area contributed by atoms with Crippen LogP contribution in [0.4, 0.5) is 9.59 Å². The van der Waals surface area contributed by atoms with E-state index in [4.69, 9.17) is 15.2 Å². The second-order valence-electron chi connectivity index (χ2n) is 7.96. The van der Waals surface area contributed by atoms with Crippen LogP contribution in [0.15, 0.2) is 0 Å². The van der Waals surface area contributed by atoms with E-state index in [-0.39, 0.29) is 18.2 Å². The maximum atomic E-state index is 12.1. The Bertz CT molecular complexity index is 426. The molecule has 0 unspecified atom stereocenters. The van der Waals surface area contributed by atoms with E-state index in [1.807, 2.05) is 41.5 Å². The van der Waals surface area contributed by atoms with Crippen molar-refractivity contribution in [1.82, 2.24) is 10.2 Å². The van der Waals surface area contributed by atoms with Gasteiger partial charge in [0.2, 0.25) is 0 Å². The Labute approximate surface area is 138 Å². The molecular formula is C16H31N3O4. The summed E-state index contributed by atoms with van der Waals surface area (Å²) in [6.45, 7) is 11.9. The molecule has 0 bridgehead atoms. The molecule has 7 heteroatoms. The zero-order chi connectivity index (χ0) is 17.8. The molecule has 7 nitrogen and oxygen atoms in total. The summed E-state index contributed by atoms with van der Waals surface area (Å²) in [5.41, 5.74) is 5.05. The average Bonchev–Trinajstić information content (AvgIpc) is 2.48. The van der Waals surface area contributed by atoms with Crippen molar-refractivity contribution in [3.63, 3.8) is 0 Å². The largest absolute Gasteiger partial charge is 0.444 e. The van der Waals surface area contributed by atoms with Gasteiger partial charge in [0.1, 0.15) is 11.2 Å². The first kappa shape index (κ1) is 19.5. The molecule has 1 saturated heterocycles. The number of hydrogen-bond acceptors (Lipinski definition) is 5. The van der Waals surface area contributed by atoms with Crippen LogP contribution in [0.3, 0.4) is 0 Å². The number of alkyl carbamates (subject to hydrolysis) is 1. The highest BCUT2D eigenvalue weighted by Crippen LogP contribution is 2.16. The fourth-order valence-corrected chi connectivity index (χ4v) is 2.27. The highest BCUT2D eigenvalue weighted by molar-refractivity contribution is 5.69. The number of nitrogens with zero attached hydrogens (tertiary/aromatic N) is 1. The lowest BCUT2D eigenvalue weighted by atomic mass is 10.0. The molecule has 1 aliphatic rings. The number of amides is 2. The first-order valence-electron chi connectivity index (χ1n) is 8.10. The van der Waals surface area contributed by atoms with Crippen LogP contribution in [0.25, 0.3) is 0 Å². The fraction of sp³-hybridized carbons (Fsp3) is 0.875. The molecule has 0 saturated carbocycles. The van der Waals surface area contributed by atoms with Gasteiger partial charge < -0.3 is 25.4 Å². The number of carbonyl (C=O) groups is 2. The van der Waals surface area contributed by atoms with Crippen LogP contribution in [0.5, 0.6) is 0 Å². The first-order valence-corrected chi connectivity index (χ1v) is 8.10. The summed E-state index contributed by atoms with van der Waals surface area (Å²) in [5, 5.41) is 2.81. The summed E-state index contributed by atoms with van der Waals surface area (Å²) in [5.74, 6) is 0. The van der Waals surface area contributed by atoms with Crippen LogP contribution in [-0.4, -0.2) is 53.5 Å². The lowest BCUT2D eigenvalue weighted by molar-refractivity contribution is 0.0256. The van der Waals surface area contributed by atoms with Gasteiger partial charge in [-0.2, -0.15) is 0 Å². The van der Waals surface area contributed by atoms with E-state index in [2.05, 4.69) is 5.32 Å². The molecular weight excluding hydrogens is 298 g/mol. The van der Waals surface area contributed by atoms with E-state index in [1.54, 1.807) is 4.90 Å². The highest BCUT2D eigenvalue weighted by atomic mass is 16.6. The number of carbonyl (C=O) groups excluding carboxylic acids is 2. The van der Waals surface area contributed by atoms with Crippen LogP contribution < -0.4 is 11.1 Å². The minimum atomic E-state index is -0.554. The van der Waals surface area contributed by atoms with Crippen molar-refractivity contribution < 1.29 is 19.1 Å². The number of nitrogens with one attached hydrogen (secondary N) is 1. The van der Waals surface area contributed by atoms with E-state index in [9.17, 15) is 9.59 Å². The van der Waals surface area contributed by atoms with Crippen LogP contribution in [0, 0.1) is 0 Å². The van der Waals surface area contributed by atoms with Crippen molar-refractivity contribution in [3.8, 4) is 0 Å². The maximum absolute atomic E-state index is 12.1. The smallest absolute Gasteiger partial charge is 0.410 e. The summed E-state index contributed by atoms with van der Waals surface area (Å²) in [4.78, 5) is 25.7. The molecule has 0 aromatic carbocycles. The quantitative estimate of drug-likeness (QED) is 0.769. The second kappa shape index (κ2) is 7.38. The van der Waals surface area contributed by atoms with Crippen molar-refractivity contribution >= 4 is 12.2 Å². The average molecular weight is 329 g/mol. The molecule has 23 heavy (non-hydrogen) atoms. The normalized spacial score (nSPS) is 23.0. The Morgan fingerprint density at radius 1 is 1.00 bits per heavy atom. The standard InChI is InChI=1S/C16H31N3O4/c1-15(2,3)22-13(20)18-12-8-10-19(9-7-11(12)17)14(21)23-16(4,5)6/h11-12H,7-10,17H2,1-6H3,(H,18,20)/t11-,12+/m0/s1. The third kappa shape index (κ3) is 7.54. The molecule has 0 aliphatic carbocycles. The zero-order valence-electron chi connectivity index (χ0n) is 15.1. The predicted octanol–water partition coefficient (Wildman–Crippen LogP) is 2.24. The summed E-state index contributed by atoms with van der Waals surface area (Å²) >= 11 is 0. The minimum absolute atomic E-state index is 0.225. The van der Waals surface area contributed by atoms with Gasteiger partial charge in [0.25, 0.3) is 0 Å². The van der Waals surface area contributed by atoms with Crippen molar-refractivity contribution in [2.45, 2.75) is 77.7 Å². The van der Waals surface area contributed by atoms with E-state index in [1.165, 1.54) is 0 Å². The molecule has 1 fully saturated rings. The van der Waals surface area contributed by atoms with Crippen molar-refractivity contribution in [2.75, 3.05) is 13.1 Å². The molecule has 3 N–H and O–H groups in total. The van der Waals surface area contributed by atoms with E-state index in [0.717, 1.165) is 0 Å². The number of hydrogen-bond donors (Lipinski definition) is 2. The van der Waals surface area contributed by atoms with E-state index >= 15 is 0 Å². The van der Waals surface area contributed by atoms with Gasteiger partial charge in [0.05, 0.1) is 0 Å². The Hall–Kier alpha value is -1.50. The van der Waals surface area contributed by atoms with Crippen LogP contribution >= 0.6 is 0 Å². The van der Waals surface area contributed by atoms with Gasteiger partial charge in [-0.15, -0.1) is 0 Å². The third-order valence-corrected chi connectivity index (χ3v) is 3.31. The third-order valence-electron chi connectivity index (χ3n) is 3.31. The summed E-state index contributed by atoms with van der Waals surface area (Å²) in [7, 11) is 0. The summed E-state index contributed by atoms with van der Waals surface area (Å²) in [6.07, 6.45) is 0.339. The summed E-state index contributed by atoms with van der Waals surface area (Å²) < 4.78 is 10.6. The van der Waals surface area contributed by atoms with Gasteiger partial charge in [-0.3, -0.25) is 0 Å². The molecule has 0 aromatic heterocycles. The van der Waals surface area contributed by atoms with E-state index < -0.39 is 17.3 Å². The lowest BCUT2D eigenvalue weighted by Crippen LogP contribution is -2.48. The van der Waals surface area contributed by atoms with Gasteiger partial charge in [-0.1, -0.05) is 0 Å². The Balaban J connectivity index is 2.58. The van der Waals surface area contributed by atoms with E-state index in [0.29, 0.717) is 25.9 Å². The molecule has 2 amide bonds. The van der Waals surface area contributed by atoms with Gasteiger partial charge in [0.15, 0.2) is 0 Å². The Morgan fingerprint density at radius 3 is 2.04 bits per heavy atom. The summed E-state index contributed by atoms with van der Waals surface area (Å²) in [6, 6.07) is -0.452. The predicted molar refractivity (Wildman–Crippen MR) is 88.2 cm³/mol. The molecule has 0 aromatic rings. The highest BCUT2D eigenvalue weighted by Gasteiger charge is 2.30. The van der Waals surface area contributed by atoms with Crippen molar-refractivity contribution in [1.29, 1.82) is 0 Å². The first-order chi connectivity index (χ1) is 10.4. The molecule has 0 radical (unpaired) electrons. The monoisotopic (exact) mass is 329 g/mol. The number of likely N-dealkylation sites (tertiary alicyclic amines) is 1. The lowest BCUT2D eigenvalue weighted by Gasteiger charge is -2.26. The SMILES string of the molecule is CC(C)(C)OC(=O)N[C@@H]1CCN(C(=O)OC(C)(C)C)CC[C@@H]1N. The molecule has 1 aliphatic heterocycles. The second-order valence-corrected chi connectivity index (χ2v) is 7.96. The van der Waals surface area contributed by atoms with Gasteiger partial charge in [-0.05, 0) is 54.4 Å². The molecule has 1 rings (SSSR count). The Kier molecular flexibility index (Phi) is 6.27. The number of rotatable bonds is 1. The van der Waals surface area contributed by atoms with Crippen LogP contribution in [0.1, 0.15) is 54.4 Å². The number of nitrogens with two attached hydrogens (primary N) is 1. The fourth-order valence-electron chi connectivity index (χ4n) is 2.27. The molecule has 1 heterocycles. The van der Waals surface area contributed by atoms with Gasteiger partial charge >= 0.3 is 12.2 Å². The molecule has 0 spiro atoms. The van der Waals surface area contributed by atoms with Crippen LogP contribution in [0.2, 0.25) is 0 Å². The molecule has 134 valence electrons. The Morgan fingerprint density at radius 2 is 1.52 bits per heavy atom. The molecule has 2 atom stereocenters. The van der Waals surface area contributed by atoms with Crippen molar-refractivity contribution in [3.05, 3.63) is 0 Å². The van der Waals surface area contributed by atoms with Crippen molar-refractivity contribution in [2.24, 2.45) is 5.73 Å². The van der Waals surface area contributed by atoms with Gasteiger partial charge in [-0.25, -0.2) is 9.59 Å². The van der Waals surface area contributed by atoms with Crippen LogP contribution in [-0.2, 0) is 9.47 Å². The minimum Gasteiger partial charge on any atom is -0.444 e. The maximum Gasteiger partial charge on any atom is 0.410 e.